The standard InChI is InChI=1S/C27H24ClF2N3O6/c1-2-21-22(15-3-9-18(29)10-4-15)24(32(36)37)23(16-5-11-19(30)12-6-16)25(33(38)39)27(21,35)26(34)31-20-13-7-17(28)8-14-20/h3-14,21-25,35H,2H2,1H3,(H,31,34)/t21-,22+,23-,24+,25+,27-/m1/s1. The molecule has 39 heavy (non-hydrogen) atoms. The third-order valence-corrected chi connectivity index (χ3v) is 7.66. The van der Waals surface area contributed by atoms with E-state index in [4.69, 9.17) is 11.6 Å². The number of nitrogens with one attached hydrogen (secondary N) is 1. The molecular weight excluding hydrogens is 536 g/mol. The van der Waals surface area contributed by atoms with Crippen LogP contribution in [0.3, 0.4) is 0 Å². The van der Waals surface area contributed by atoms with Gasteiger partial charge in [-0.05, 0) is 66.1 Å². The largest absolute Gasteiger partial charge is 0.374 e. The normalized spacial score (nSPS) is 26.5. The lowest BCUT2D eigenvalue weighted by Crippen LogP contribution is -2.69. The zero-order valence-corrected chi connectivity index (χ0v) is 21.3. The number of hydrogen-bond acceptors (Lipinski definition) is 6. The van der Waals surface area contributed by atoms with Crippen molar-refractivity contribution in [3.63, 3.8) is 0 Å². The van der Waals surface area contributed by atoms with Crippen molar-refractivity contribution in [2.24, 2.45) is 5.92 Å². The van der Waals surface area contributed by atoms with Crippen LogP contribution < -0.4 is 5.32 Å². The second kappa shape index (κ2) is 11.0. The molecule has 1 fully saturated rings. The number of anilines is 1. The van der Waals surface area contributed by atoms with Gasteiger partial charge in [0.1, 0.15) is 17.6 Å². The first-order valence-corrected chi connectivity index (χ1v) is 12.4. The van der Waals surface area contributed by atoms with Gasteiger partial charge in [-0.3, -0.25) is 25.0 Å². The quantitative estimate of drug-likeness (QED) is 0.302. The van der Waals surface area contributed by atoms with Gasteiger partial charge in [0.25, 0.3) is 11.9 Å². The summed E-state index contributed by atoms with van der Waals surface area (Å²) < 4.78 is 27.6. The maximum Gasteiger partial charge on any atom is 0.264 e. The Bertz CT molecular complexity index is 1370. The van der Waals surface area contributed by atoms with Crippen LogP contribution in [0, 0.1) is 37.8 Å². The number of aliphatic hydroxyl groups is 1. The summed E-state index contributed by atoms with van der Waals surface area (Å²) in [5.41, 5.74) is -2.37. The molecule has 2 N–H and O–H groups in total. The molecule has 3 aromatic rings. The van der Waals surface area contributed by atoms with Gasteiger partial charge in [0.05, 0.1) is 5.92 Å². The molecule has 0 unspecified atom stereocenters. The summed E-state index contributed by atoms with van der Waals surface area (Å²) in [7, 11) is 0. The Kier molecular flexibility index (Phi) is 7.94. The van der Waals surface area contributed by atoms with E-state index in [1.54, 1.807) is 6.92 Å². The molecule has 12 heteroatoms. The third kappa shape index (κ3) is 5.19. The van der Waals surface area contributed by atoms with Crippen LogP contribution in [0.5, 0.6) is 0 Å². The Labute approximate surface area is 226 Å². The first-order valence-electron chi connectivity index (χ1n) is 12.1. The van der Waals surface area contributed by atoms with E-state index < -0.39 is 62.8 Å². The molecule has 0 aromatic heterocycles. The van der Waals surface area contributed by atoms with Gasteiger partial charge in [-0.1, -0.05) is 42.8 Å². The zero-order chi connectivity index (χ0) is 28.5. The van der Waals surface area contributed by atoms with Crippen molar-refractivity contribution < 1.29 is 28.5 Å². The smallest absolute Gasteiger partial charge is 0.264 e. The Morgan fingerprint density at radius 3 is 1.82 bits per heavy atom. The number of benzene rings is 3. The summed E-state index contributed by atoms with van der Waals surface area (Å²) in [6.07, 6.45) is -0.0720. The number of rotatable bonds is 7. The van der Waals surface area contributed by atoms with E-state index in [0.717, 1.165) is 24.3 Å². The van der Waals surface area contributed by atoms with E-state index in [0.29, 0.717) is 5.02 Å². The molecule has 1 saturated carbocycles. The van der Waals surface area contributed by atoms with Gasteiger partial charge < -0.3 is 10.4 Å². The molecule has 1 aliphatic rings. The Balaban J connectivity index is 1.98. The van der Waals surface area contributed by atoms with Gasteiger partial charge in [-0.25, -0.2) is 8.78 Å². The second-order valence-corrected chi connectivity index (χ2v) is 9.90. The predicted octanol–water partition coefficient (Wildman–Crippen LogP) is 5.19. The maximum absolute atomic E-state index is 13.8. The van der Waals surface area contributed by atoms with E-state index in [1.807, 2.05) is 0 Å². The molecule has 204 valence electrons. The molecule has 0 spiro atoms. The van der Waals surface area contributed by atoms with E-state index in [1.165, 1.54) is 48.5 Å². The Hall–Kier alpha value is -3.96. The predicted molar refractivity (Wildman–Crippen MR) is 139 cm³/mol. The van der Waals surface area contributed by atoms with E-state index in [2.05, 4.69) is 5.32 Å². The van der Waals surface area contributed by atoms with Crippen LogP contribution >= 0.6 is 11.6 Å². The van der Waals surface area contributed by atoms with Crippen LogP contribution in [0.1, 0.15) is 36.3 Å². The average Bonchev–Trinajstić information content (AvgIpc) is 2.89. The fourth-order valence-corrected chi connectivity index (χ4v) is 5.91. The highest BCUT2D eigenvalue weighted by Crippen LogP contribution is 2.53. The first-order chi connectivity index (χ1) is 18.5. The fourth-order valence-electron chi connectivity index (χ4n) is 5.78. The Morgan fingerprint density at radius 2 is 1.38 bits per heavy atom. The summed E-state index contributed by atoms with van der Waals surface area (Å²) in [5, 5.41) is 40.3. The van der Waals surface area contributed by atoms with Crippen molar-refractivity contribution in [1.82, 2.24) is 0 Å². The van der Waals surface area contributed by atoms with Crippen LogP contribution in [0.25, 0.3) is 0 Å². The van der Waals surface area contributed by atoms with Crippen LogP contribution in [-0.4, -0.2) is 38.5 Å². The molecule has 0 bridgehead atoms. The van der Waals surface area contributed by atoms with Crippen molar-refractivity contribution >= 4 is 23.2 Å². The lowest BCUT2D eigenvalue weighted by Gasteiger charge is -2.48. The minimum absolute atomic E-state index is 0.000757. The lowest BCUT2D eigenvalue weighted by molar-refractivity contribution is -0.593. The minimum Gasteiger partial charge on any atom is -0.374 e. The SMILES string of the molecule is CC[C@@H]1[C@H](c2ccc(F)cc2)[C@H]([N+](=O)[O-])[C@@H](c2ccc(F)cc2)[C@H]([N+](=O)[O-])[C@@]1(O)C(=O)Nc1ccc(Cl)cc1. The molecule has 0 radical (unpaired) electrons. The van der Waals surface area contributed by atoms with Crippen LogP contribution in [0.15, 0.2) is 72.8 Å². The number of nitro groups is 2. The molecular formula is C27H24ClF2N3O6. The topological polar surface area (TPSA) is 136 Å². The summed E-state index contributed by atoms with van der Waals surface area (Å²) in [4.78, 5) is 37.5. The van der Waals surface area contributed by atoms with Gasteiger partial charge in [-0.2, -0.15) is 0 Å². The van der Waals surface area contributed by atoms with Gasteiger partial charge in [-0.15, -0.1) is 0 Å². The summed E-state index contributed by atoms with van der Waals surface area (Å²) >= 11 is 5.91. The molecule has 0 heterocycles. The van der Waals surface area contributed by atoms with Crippen molar-refractivity contribution in [3.05, 3.63) is 121 Å². The molecule has 1 amide bonds. The first kappa shape index (κ1) is 28.1. The molecule has 4 rings (SSSR count). The van der Waals surface area contributed by atoms with Gasteiger partial charge in [0.15, 0.2) is 0 Å². The summed E-state index contributed by atoms with van der Waals surface area (Å²) in [6.45, 7) is 1.55. The van der Waals surface area contributed by atoms with Crippen molar-refractivity contribution in [1.29, 1.82) is 0 Å². The highest BCUT2D eigenvalue weighted by Gasteiger charge is 2.71. The number of amides is 1. The average molecular weight is 560 g/mol. The van der Waals surface area contributed by atoms with Gasteiger partial charge in [0, 0.05) is 26.5 Å². The molecule has 3 aromatic carbocycles. The van der Waals surface area contributed by atoms with E-state index in [9.17, 15) is 38.9 Å². The minimum atomic E-state index is -2.78. The number of halogens is 3. The highest BCUT2D eigenvalue weighted by molar-refractivity contribution is 6.30. The maximum atomic E-state index is 13.8. The van der Waals surface area contributed by atoms with E-state index >= 15 is 0 Å². The molecule has 0 aliphatic heterocycles. The third-order valence-electron chi connectivity index (χ3n) is 7.41. The van der Waals surface area contributed by atoms with Crippen molar-refractivity contribution in [3.8, 4) is 0 Å². The number of hydrogen-bond donors (Lipinski definition) is 2. The van der Waals surface area contributed by atoms with Gasteiger partial charge >= 0.3 is 0 Å². The lowest BCUT2D eigenvalue weighted by atomic mass is 9.56. The van der Waals surface area contributed by atoms with Crippen molar-refractivity contribution in [2.75, 3.05) is 5.32 Å². The summed E-state index contributed by atoms with van der Waals surface area (Å²) in [6, 6.07) is 11.0. The summed E-state index contributed by atoms with van der Waals surface area (Å²) in [5.74, 6) is -6.68. The van der Waals surface area contributed by atoms with Crippen LogP contribution in [0.2, 0.25) is 5.02 Å². The van der Waals surface area contributed by atoms with Crippen LogP contribution in [-0.2, 0) is 4.79 Å². The van der Waals surface area contributed by atoms with Crippen molar-refractivity contribution in [2.45, 2.75) is 42.9 Å². The number of nitrogens with zero attached hydrogens (tertiary/aromatic N) is 2. The molecule has 9 nitrogen and oxygen atoms in total. The monoisotopic (exact) mass is 559 g/mol. The molecule has 6 atom stereocenters. The molecule has 0 saturated heterocycles. The zero-order valence-electron chi connectivity index (χ0n) is 20.5. The highest BCUT2D eigenvalue weighted by atomic mass is 35.5. The molecule has 1 aliphatic carbocycles. The number of carbonyl (C=O) groups excluding carboxylic acids is 1. The second-order valence-electron chi connectivity index (χ2n) is 9.46. The van der Waals surface area contributed by atoms with Gasteiger partial charge in [0.2, 0.25) is 11.6 Å². The van der Waals surface area contributed by atoms with Crippen LogP contribution in [0.4, 0.5) is 14.5 Å². The number of carbonyl (C=O) groups is 1. The Morgan fingerprint density at radius 1 is 0.897 bits per heavy atom. The fraction of sp³-hybridized carbons (Fsp3) is 0.296. The van der Waals surface area contributed by atoms with E-state index in [-0.39, 0.29) is 23.2 Å².